The van der Waals surface area contributed by atoms with Crippen molar-refractivity contribution in [1.29, 1.82) is 0 Å². The van der Waals surface area contributed by atoms with E-state index in [1.54, 1.807) is 19.2 Å². The molecule has 3 amide bonds. The summed E-state index contributed by atoms with van der Waals surface area (Å²) in [6.45, 7) is 7.73. The summed E-state index contributed by atoms with van der Waals surface area (Å²) in [5.41, 5.74) is 1.58. The van der Waals surface area contributed by atoms with Crippen LogP contribution in [0.15, 0.2) is 54.6 Å². The van der Waals surface area contributed by atoms with Crippen molar-refractivity contribution in [2.24, 2.45) is 11.3 Å². The normalized spacial score (nSPS) is 12.8. The van der Waals surface area contributed by atoms with Gasteiger partial charge in [-0.15, -0.1) is 0 Å². The van der Waals surface area contributed by atoms with Crippen molar-refractivity contribution >= 4 is 23.5 Å². The van der Waals surface area contributed by atoms with Gasteiger partial charge in [-0.3, -0.25) is 19.2 Å². The zero-order valence-electron chi connectivity index (χ0n) is 22.4. The first-order chi connectivity index (χ1) is 17.3. The molecule has 2 aromatic rings. The summed E-state index contributed by atoms with van der Waals surface area (Å²) in [6.07, 6.45) is 0.464. The van der Waals surface area contributed by atoms with Crippen LogP contribution in [0.5, 0.6) is 5.75 Å². The van der Waals surface area contributed by atoms with Gasteiger partial charge in [0.2, 0.25) is 17.7 Å². The molecule has 0 saturated carbocycles. The van der Waals surface area contributed by atoms with Crippen LogP contribution in [0, 0.1) is 11.3 Å². The van der Waals surface area contributed by atoms with Gasteiger partial charge in [-0.25, -0.2) is 0 Å². The van der Waals surface area contributed by atoms with Gasteiger partial charge in [0.15, 0.2) is 5.78 Å². The number of amides is 3. The van der Waals surface area contributed by atoms with E-state index in [4.69, 9.17) is 0 Å². The van der Waals surface area contributed by atoms with E-state index in [1.807, 2.05) is 51.1 Å². The highest BCUT2D eigenvalue weighted by Crippen LogP contribution is 2.19. The second-order valence-corrected chi connectivity index (χ2v) is 10.7. The topological polar surface area (TPSA) is 116 Å². The molecule has 37 heavy (non-hydrogen) atoms. The molecular formula is C29H39N3O5. The number of nitrogens with one attached hydrogen (secondary N) is 2. The Kier molecular flexibility index (Phi) is 10.8. The largest absolute Gasteiger partial charge is 0.508 e. The van der Waals surface area contributed by atoms with E-state index in [-0.39, 0.29) is 54.1 Å². The van der Waals surface area contributed by atoms with Crippen LogP contribution in [0.3, 0.4) is 0 Å². The van der Waals surface area contributed by atoms with Gasteiger partial charge in [-0.2, -0.15) is 0 Å². The van der Waals surface area contributed by atoms with Crippen LogP contribution < -0.4 is 10.6 Å². The van der Waals surface area contributed by atoms with Crippen LogP contribution in [0.4, 0.5) is 0 Å². The SMILES string of the molecule is CC(=O)N[C@@H](Cc1ccc(O)cc1)C(=O)C[C@H](Cc1ccccc1)C(=O)N(C)CC(=O)NCC(C)(C)C. The molecule has 8 nitrogen and oxygen atoms in total. The highest BCUT2D eigenvalue weighted by atomic mass is 16.3. The van der Waals surface area contributed by atoms with Crippen molar-refractivity contribution < 1.29 is 24.3 Å². The van der Waals surface area contributed by atoms with Gasteiger partial charge >= 0.3 is 0 Å². The van der Waals surface area contributed by atoms with E-state index in [0.29, 0.717) is 13.0 Å². The minimum Gasteiger partial charge on any atom is -0.508 e. The molecule has 0 aliphatic carbocycles. The minimum absolute atomic E-state index is 0.0866. The smallest absolute Gasteiger partial charge is 0.239 e. The third kappa shape index (κ3) is 10.9. The van der Waals surface area contributed by atoms with Gasteiger partial charge in [-0.1, -0.05) is 63.2 Å². The van der Waals surface area contributed by atoms with Crippen LogP contribution in [0.25, 0.3) is 0 Å². The van der Waals surface area contributed by atoms with Crippen LogP contribution in [-0.2, 0) is 32.0 Å². The van der Waals surface area contributed by atoms with Crippen molar-refractivity contribution in [3.8, 4) is 5.75 Å². The molecule has 2 atom stereocenters. The Morgan fingerprint density at radius 2 is 1.51 bits per heavy atom. The number of Topliss-reactive ketones (excluding diaryl/α,β-unsaturated/α-hetero) is 1. The first-order valence-electron chi connectivity index (χ1n) is 12.5. The number of hydrogen-bond acceptors (Lipinski definition) is 5. The third-order valence-corrected chi connectivity index (χ3v) is 5.84. The highest BCUT2D eigenvalue weighted by molar-refractivity contribution is 5.93. The number of hydrogen-bond donors (Lipinski definition) is 3. The van der Waals surface area contributed by atoms with E-state index < -0.39 is 12.0 Å². The second-order valence-electron chi connectivity index (χ2n) is 10.7. The Morgan fingerprint density at radius 3 is 2.08 bits per heavy atom. The number of phenolic OH excluding ortho intramolecular Hbond substituents is 1. The van der Waals surface area contributed by atoms with Crippen molar-refractivity contribution in [1.82, 2.24) is 15.5 Å². The molecule has 2 rings (SSSR count). The summed E-state index contributed by atoms with van der Waals surface area (Å²) < 4.78 is 0. The van der Waals surface area contributed by atoms with Gasteiger partial charge in [0.05, 0.1) is 12.6 Å². The molecular weight excluding hydrogens is 470 g/mol. The average Bonchev–Trinajstić information content (AvgIpc) is 2.82. The summed E-state index contributed by atoms with van der Waals surface area (Å²) in [5.74, 6) is -1.80. The molecule has 0 radical (unpaired) electrons. The summed E-state index contributed by atoms with van der Waals surface area (Å²) >= 11 is 0. The Bertz CT molecular complexity index is 1060. The molecule has 200 valence electrons. The molecule has 0 aliphatic heterocycles. The Hall–Kier alpha value is -3.68. The molecule has 0 heterocycles. The standard InChI is InChI=1S/C29H39N3O5/c1-20(33)31-25(16-22-11-13-24(34)14-12-22)26(35)17-23(15-21-9-7-6-8-10-21)28(37)32(5)18-27(36)30-19-29(2,3)4/h6-14,23,25,34H,15-19H2,1-5H3,(H,30,36)(H,31,33)/t23-,25-/m0/s1. The predicted octanol–water partition coefficient (Wildman–Crippen LogP) is 2.88. The Labute approximate surface area is 219 Å². The van der Waals surface area contributed by atoms with Crippen molar-refractivity contribution in [2.75, 3.05) is 20.1 Å². The Balaban J connectivity index is 2.19. The van der Waals surface area contributed by atoms with Gasteiger partial charge in [-0.05, 0) is 41.5 Å². The minimum atomic E-state index is -0.825. The fourth-order valence-electron chi connectivity index (χ4n) is 3.91. The summed E-state index contributed by atoms with van der Waals surface area (Å²) in [5, 5.41) is 15.1. The van der Waals surface area contributed by atoms with Gasteiger partial charge in [0.25, 0.3) is 0 Å². The Morgan fingerprint density at radius 1 is 0.919 bits per heavy atom. The maximum absolute atomic E-state index is 13.4. The molecule has 0 unspecified atom stereocenters. The lowest BCUT2D eigenvalue weighted by Gasteiger charge is -2.26. The monoisotopic (exact) mass is 509 g/mol. The lowest BCUT2D eigenvalue weighted by Crippen LogP contribution is -2.46. The summed E-state index contributed by atoms with van der Waals surface area (Å²) in [6, 6.07) is 15.0. The molecule has 8 heteroatoms. The second kappa shape index (κ2) is 13.6. The number of likely N-dealkylation sites (N-methyl/N-ethyl adjacent to an activating group) is 1. The number of aromatic hydroxyl groups is 1. The number of carbonyl (C=O) groups is 4. The van der Waals surface area contributed by atoms with Gasteiger partial charge < -0.3 is 20.6 Å². The zero-order chi connectivity index (χ0) is 27.6. The maximum Gasteiger partial charge on any atom is 0.239 e. The molecule has 0 spiro atoms. The molecule has 0 aromatic heterocycles. The zero-order valence-corrected chi connectivity index (χ0v) is 22.4. The first kappa shape index (κ1) is 29.5. The van der Waals surface area contributed by atoms with Gasteiger partial charge in [0.1, 0.15) is 5.75 Å². The quantitative estimate of drug-likeness (QED) is 0.407. The number of nitrogens with zero attached hydrogens (tertiary/aromatic N) is 1. The van der Waals surface area contributed by atoms with Crippen LogP contribution in [0.1, 0.15) is 45.2 Å². The summed E-state index contributed by atoms with van der Waals surface area (Å²) in [7, 11) is 1.56. The maximum atomic E-state index is 13.4. The fraction of sp³-hybridized carbons (Fsp3) is 0.448. The lowest BCUT2D eigenvalue weighted by atomic mass is 9.89. The number of benzene rings is 2. The first-order valence-corrected chi connectivity index (χ1v) is 12.5. The van der Waals surface area contributed by atoms with E-state index in [2.05, 4.69) is 10.6 Å². The predicted molar refractivity (Wildman–Crippen MR) is 143 cm³/mol. The van der Waals surface area contributed by atoms with E-state index >= 15 is 0 Å². The van der Waals surface area contributed by atoms with Crippen molar-refractivity contribution in [2.45, 2.75) is 53.0 Å². The fourth-order valence-corrected chi connectivity index (χ4v) is 3.91. The van der Waals surface area contributed by atoms with Crippen molar-refractivity contribution in [3.05, 3.63) is 65.7 Å². The highest BCUT2D eigenvalue weighted by Gasteiger charge is 2.30. The van der Waals surface area contributed by atoms with E-state index in [0.717, 1.165) is 11.1 Å². The molecule has 0 bridgehead atoms. The number of phenols is 1. The lowest BCUT2D eigenvalue weighted by molar-refractivity contribution is -0.140. The van der Waals surface area contributed by atoms with Crippen LogP contribution in [0.2, 0.25) is 0 Å². The van der Waals surface area contributed by atoms with E-state index in [9.17, 15) is 24.3 Å². The average molecular weight is 510 g/mol. The molecule has 3 N–H and O–H groups in total. The molecule has 0 saturated heterocycles. The molecule has 2 aromatic carbocycles. The summed E-state index contributed by atoms with van der Waals surface area (Å²) in [4.78, 5) is 52.5. The van der Waals surface area contributed by atoms with Gasteiger partial charge in [0, 0.05) is 32.9 Å². The molecule has 0 aliphatic rings. The van der Waals surface area contributed by atoms with Crippen LogP contribution in [-0.4, -0.2) is 59.7 Å². The number of rotatable bonds is 12. The van der Waals surface area contributed by atoms with E-state index in [1.165, 1.54) is 24.0 Å². The van der Waals surface area contributed by atoms with Crippen LogP contribution >= 0.6 is 0 Å². The molecule has 0 fully saturated rings. The third-order valence-electron chi connectivity index (χ3n) is 5.84. The number of carbonyl (C=O) groups excluding carboxylic acids is 4. The van der Waals surface area contributed by atoms with Crippen molar-refractivity contribution in [3.63, 3.8) is 0 Å². The number of ketones is 1.